The summed E-state index contributed by atoms with van der Waals surface area (Å²) < 4.78 is 31.2. The van der Waals surface area contributed by atoms with Gasteiger partial charge in [0.1, 0.15) is 11.6 Å². The minimum Gasteiger partial charge on any atom is -0.450 e. The Morgan fingerprint density at radius 1 is 1.28 bits per heavy atom. The second kappa shape index (κ2) is 9.31. The van der Waals surface area contributed by atoms with Crippen molar-refractivity contribution in [3.8, 4) is 0 Å². The number of benzene rings is 1. The molecule has 0 saturated carbocycles. The molecule has 0 unspecified atom stereocenters. The van der Waals surface area contributed by atoms with Gasteiger partial charge in [-0.25, -0.2) is 13.6 Å². The molecule has 1 aliphatic heterocycles. The minimum atomic E-state index is -0.798. The predicted octanol–water partition coefficient (Wildman–Crippen LogP) is 2.50. The summed E-state index contributed by atoms with van der Waals surface area (Å²) in [5.41, 5.74) is -0.0332. The van der Waals surface area contributed by atoms with Gasteiger partial charge in [-0.15, -0.1) is 0 Å². The van der Waals surface area contributed by atoms with Gasteiger partial charge in [0.25, 0.3) is 0 Å². The number of carbonyl (C=O) groups is 2. The summed E-state index contributed by atoms with van der Waals surface area (Å²) in [4.78, 5) is 25.1. The second-order valence-corrected chi connectivity index (χ2v) is 5.84. The van der Waals surface area contributed by atoms with Crippen molar-refractivity contribution in [1.82, 2.24) is 10.2 Å². The van der Waals surface area contributed by atoms with Crippen LogP contribution >= 0.6 is 0 Å². The van der Waals surface area contributed by atoms with E-state index in [1.165, 1.54) is 6.07 Å². The minimum absolute atomic E-state index is 0.0332. The van der Waals surface area contributed by atoms with Gasteiger partial charge in [-0.1, -0.05) is 0 Å². The number of halogens is 2. The Morgan fingerprint density at radius 2 is 2.00 bits per heavy atom. The zero-order chi connectivity index (χ0) is 18.2. The molecule has 1 fully saturated rings. The fraction of sp³-hybridized carbons (Fsp3) is 0.529. The average molecular weight is 355 g/mol. The fourth-order valence-corrected chi connectivity index (χ4v) is 2.67. The monoisotopic (exact) mass is 355 g/mol. The van der Waals surface area contributed by atoms with Gasteiger partial charge in [-0.2, -0.15) is 0 Å². The van der Waals surface area contributed by atoms with E-state index in [-0.39, 0.29) is 30.2 Å². The summed E-state index contributed by atoms with van der Waals surface area (Å²) >= 11 is 0. The molecule has 0 aromatic heterocycles. The van der Waals surface area contributed by atoms with Crippen LogP contribution in [0.25, 0.3) is 0 Å². The van der Waals surface area contributed by atoms with Crippen LogP contribution in [0.1, 0.15) is 26.2 Å². The van der Waals surface area contributed by atoms with Gasteiger partial charge < -0.3 is 20.3 Å². The summed E-state index contributed by atoms with van der Waals surface area (Å²) in [6.45, 7) is 3.81. The molecule has 0 aliphatic carbocycles. The number of nitrogens with one attached hydrogen (secondary N) is 2. The van der Waals surface area contributed by atoms with E-state index in [2.05, 4.69) is 10.6 Å². The summed E-state index contributed by atoms with van der Waals surface area (Å²) in [7, 11) is 0. The Hall–Kier alpha value is -2.22. The molecular weight excluding hydrogens is 332 g/mol. The van der Waals surface area contributed by atoms with Crippen LogP contribution in [0.3, 0.4) is 0 Å². The third-order valence-corrected chi connectivity index (χ3v) is 4.01. The normalized spacial score (nSPS) is 15.1. The van der Waals surface area contributed by atoms with Crippen LogP contribution in [-0.2, 0) is 9.53 Å². The van der Waals surface area contributed by atoms with Gasteiger partial charge in [-0.3, -0.25) is 4.79 Å². The molecule has 0 atom stereocenters. The van der Waals surface area contributed by atoms with E-state index in [0.29, 0.717) is 26.2 Å². The molecule has 1 heterocycles. The molecule has 1 aliphatic rings. The van der Waals surface area contributed by atoms with Gasteiger partial charge in [0, 0.05) is 38.2 Å². The number of hydrogen-bond donors (Lipinski definition) is 2. The zero-order valence-corrected chi connectivity index (χ0v) is 14.2. The number of likely N-dealkylation sites (tertiary alicyclic amines) is 1. The first-order valence-electron chi connectivity index (χ1n) is 8.39. The molecule has 0 spiro atoms. The molecule has 2 N–H and O–H groups in total. The first-order chi connectivity index (χ1) is 12.0. The molecule has 1 aromatic rings. The lowest BCUT2D eigenvalue weighted by Gasteiger charge is -2.31. The van der Waals surface area contributed by atoms with Crippen molar-refractivity contribution in [2.45, 2.75) is 32.2 Å². The standard InChI is InChI=1S/C17H23F2N3O3/c1-2-25-17(24)22-9-6-13(7-10-22)20-8-5-16(23)21-15-4-3-12(18)11-14(15)19/h3-4,11,13,20H,2,5-10H2,1H3,(H,21,23). The molecule has 0 bridgehead atoms. The zero-order valence-electron chi connectivity index (χ0n) is 14.2. The maximum Gasteiger partial charge on any atom is 0.409 e. The summed E-state index contributed by atoms with van der Waals surface area (Å²) in [5, 5.41) is 5.68. The highest BCUT2D eigenvalue weighted by molar-refractivity contribution is 5.90. The molecule has 25 heavy (non-hydrogen) atoms. The third-order valence-electron chi connectivity index (χ3n) is 4.01. The highest BCUT2D eigenvalue weighted by atomic mass is 19.1. The van der Waals surface area contributed by atoms with Gasteiger partial charge in [0.05, 0.1) is 12.3 Å². The number of anilines is 1. The van der Waals surface area contributed by atoms with E-state index < -0.39 is 11.6 Å². The lowest BCUT2D eigenvalue weighted by atomic mass is 10.1. The number of piperidine rings is 1. The molecule has 6 nitrogen and oxygen atoms in total. The maximum absolute atomic E-state index is 13.5. The average Bonchev–Trinajstić information content (AvgIpc) is 2.58. The van der Waals surface area contributed by atoms with Crippen LogP contribution in [-0.4, -0.2) is 49.2 Å². The van der Waals surface area contributed by atoms with Crippen LogP contribution < -0.4 is 10.6 Å². The van der Waals surface area contributed by atoms with E-state index in [4.69, 9.17) is 4.74 Å². The van der Waals surface area contributed by atoms with Crippen molar-refractivity contribution in [3.05, 3.63) is 29.8 Å². The SMILES string of the molecule is CCOC(=O)N1CCC(NCCC(=O)Nc2ccc(F)cc2F)CC1. The maximum atomic E-state index is 13.5. The van der Waals surface area contributed by atoms with Crippen molar-refractivity contribution >= 4 is 17.7 Å². The van der Waals surface area contributed by atoms with Gasteiger partial charge in [0.2, 0.25) is 5.91 Å². The second-order valence-electron chi connectivity index (χ2n) is 5.84. The molecule has 8 heteroatoms. The highest BCUT2D eigenvalue weighted by Gasteiger charge is 2.23. The number of nitrogens with zero attached hydrogens (tertiary/aromatic N) is 1. The van der Waals surface area contributed by atoms with E-state index in [9.17, 15) is 18.4 Å². The molecular formula is C17H23F2N3O3. The van der Waals surface area contributed by atoms with E-state index in [1.807, 2.05) is 0 Å². The summed E-state index contributed by atoms with van der Waals surface area (Å²) in [6.07, 6.45) is 1.45. The van der Waals surface area contributed by atoms with Gasteiger partial charge in [-0.05, 0) is 31.9 Å². The first kappa shape index (κ1) is 19.1. The topological polar surface area (TPSA) is 70.7 Å². The largest absolute Gasteiger partial charge is 0.450 e. The molecule has 1 aromatic carbocycles. The number of ether oxygens (including phenoxy) is 1. The third kappa shape index (κ3) is 5.97. The molecule has 1 saturated heterocycles. The Labute approximate surface area is 145 Å². The Balaban J connectivity index is 1.66. The van der Waals surface area contributed by atoms with Gasteiger partial charge >= 0.3 is 6.09 Å². The van der Waals surface area contributed by atoms with E-state index in [1.54, 1.807) is 11.8 Å². The Morgan fingerprint density at radius 3 is 2.64 bits per heavy atom. The number of carbonyl (C=O) groups excluding carboxylic acids is 2. The van der Waals surface area contributed by atoms with E-state index >= 15 is 0 Å². The first-order valence-corrected chi connectivity index (χ1v) is 8.39. The van der Waals surface area contributed by atoms with Crippen molar-refractivity contribution in [2.75, 3.05) is 31.6 Å². The molecule has 138 valence electrons. The Bertz CT molecular complexity index is 605. The number of amides is 2. The smallest absolute Gasteiger partial charge is 0.409 e. The molecule has 0 radical (unpaired) electrons. The summed E-state index contributed by atoms with van der Waals surface area (Å²) in [5.74, 6) is -1.83. The van der Waals surface area contributed by atoms with Crippen LogP contribution in [0.5, 0.6) is 0 Å². The van der Waals surface area contributed by atoms with Crippen LogP contribution in [0, 0.1) is 11.6 Å². The fourth-order valence-electron chi connectivity index (χ4n) is 2.67. The van der Waals surface area contributed by atoms with Crippen molar-refractivity contribution in [2.24, 2.45) is 0 Å². The molecule has 2 amide bonds. The van der Waals surface area contributed by atoms with Crippen LogP contribution in [0.2, 0.25) is 0 Å². The quantitative estimate of drug-likeness (QED) is 0.823. The summed E-state index contributed by atoms with van der Waals surface area (Å²) in [6, 6.07) is 3.24. The van der Waals surface area contributed by atoms with Crippen molar-refractivity contribution < 1.29 is 23.1 Å². The van der Waals surface area contributed by atoms with Crippen LogP contribution in [0.15, 0.2) is 18.2 Å². The van der Waals surface area contributed by atoms with Gasteiger partial charge in [0.15, 0.2) is 0 Å². The predicted molar refractivity (Wildman–Crippen MR) is 89.2 cm³/mol. The lowest BCUT2D eigenvalue weighted by molar-refractivity contribution is -0.116. The number of rotatable bonds is 6. The Kier molecular flexibility index (Phi) is 7.12. The van der Waals surface area contributed by atoms with E-state index in [0.717, 1.165) is 25.0 Å². The lowest BCUT2D eigenvalue weighted by Crippen LogP contribution is -2.45. The van der Waals surface area contributed by atoms with Crippen molar-refractivity contribution in [3.63, 3.8) is 0 Å². The highest BCUT2D eigenvalue weighted by Crippen LogP contribution is 2.15. The molecule has 2 rings (SSSR count). The van der Waals surface area contributed by atoms with Crippen molar-refractivity contribution in [1.29, 1.82) is 0 Å². The van der Waals surface area contributed by atoms with Crippen LogP contribution in [0.4, 0.5) is 19.3 Å². The number of hydrogen-bond acceptors (Lipinski definition) is 4.